The summed E-state index contributed by atoms with van der Waals surface area (Å²) in [4.78, 5) is 6.50. The van der Waals surface area contributed by atoms with Crippen LogP contribution in [0.1, 0.15) is 12.1 Å². The number of fused-ring (bicyclic) bond motifs is 2. The molecule has 0 radical (unpaired) electrons. The number of aromatic nitrogens is 1. The zero-order valence-electron chi connectivity index (χ0n) is 8.65. The highest BCUT2D eigenvalue weighted by molar-refractivity contribution is 5.69. The number of hydrogen-bond donors (Lipinski definition) is 0. The molecule has 2 heterocycles. The van der Waals surface area contributed by atoms with Crippen molar-refractivity contribution in [1.82, 2.24) is 9.88 Å². The lowest BCUT2D eigenvalue weighted by Gasteiger charge is -2.20. The molecule has 0 amide bonds. The molecule has 3 heteroatoms. The predicted molar refractivity (Wildman–Crippen MR) is 56.7 cm³/mol. The van der Waals surface area contributed by atoms with Crippen LogP contribution in [-0.2, 0) is 0 Å². The molecule has 2 unspecified atom stereocenters. The first-order chi connectivity index (χ1) is 7.24. The predicted octanol–water partition coefficient (Wildman–Crippen LogP) is 1.94. The Balaban J connectivity index is 1.94. The van der Waals surface area contributed by atoms with Crippen LogP contribution in [0.2, 0.25) is 0 Å². The van der Waals surface area contributed by atoms with E-state index >= 15 is 0 Å². The Morgan fingerprint density at radius 2 is 2.33 bits per heavy atom. The minimum atomic E-state index is -0.264. The molecular formula is C12H13FN2. The van der Waals surface area contributed by atoms with Crippen LogP contribution in [0.4, 0.5) is 4.39 Å². The van der Waals surface area contributed by atoms with Crippen molar-refractivity contribution in [2.75, 3.05) is 13.6 Å². The fourth-order valence-corrected chi connectivity index (χ4v) is 2.63. The molecule has 1 fully saturated rings. The van der Waals surface area contributed by atoms with Crippen molar-refractivity contribution < 1.29 is 4.39 Å². The Kier molecular flexibility index (Phi) is 1.89. The van der Waals surface area contributed by atoms with E-state index in [1.54, 1.807) is 6.07 Å². The fraction of sp³-hybridized carbons (Fsp3) is 0.417. The van der Waals surface area contributed by atoms with E-state index in [1.807, 2.05) is 0 Å². The molecule has 2 aliphatic rings. The maximum atomic E-state index is 12.7. The second kappa shape index (κ2) is 3.14. The maximum Gasteiger partial charge on any atom is 0.141 e. The summed E-state index contributed by atoms with van der Waals surface area (Å²) >= 11 is 0. The second-order valence-corrected chi connectivity index (χ2v) is 4.42. The standard InChI is InChI=1S/C12H13FN2/c1-15-7-8-4-10(15)5-11(8)12-3-2-9(13)6-14-12/h2-3,5-6,8,10H,4,7H2,1H3. The number of likely N-dealkylation sites (N-methyl/N-ethyl adjacent to an activating group) is 1. The van der Waals surface area contributed by atoms with Gasteiger partial charge in [-0.1, -0.05) is 6.08 Å². The molecule has 1 aliphatic heterocycles. The van der Waals surface area contributed by atoms with Crippen LogP contribution in [0.5, 0.6) is 0 Å². The molecule has 2 bridgehead atoms. The van der Waals surface area contributed by atoms with E-state index in [2.05, 4.69) is 23.0 Å². The minimum absolute atomic E-state index is 0.264. The quantitative estimate of drug-likeness (QED) is 0.695. The van der Waals surface area contributed by atoms with Crippen molar-refractivity contribution in [3.8, 4) is 0 Å². The number of hydrogen-bond acceptors (Lipinski definition) is 2. The van der Waals surface area contributed by atoms with Gasteiger partial charge in [0.25, 0.3) is 0 Å². The molecule has 2 nitrogen and oxygen atoms in total. The number of nitrogens with zero attached hydrogens (tertiary/aromatic N) is 2. The van der Waals surface area contributed by atoms with E-state index in [0.717, 1.165) is 12.2 Å². The lowest BCUT2D eigenvalue weighted by Crippen LogP contribution is -2.26. The van der Waals surface area contributed by atoms with E-state index in [4.69, 9.17) is 0 Å². The zero-order chi connectivity index (χ0) is 10.4. The highest BCUT2D eigenvalue weighted by Gasteiger charge is 2.37. The largest absolute Gasteiger partial charge is 0.299 e. The van der Waals surface area contributed by atoms with Crippen molar-refractivity contribution in [1.29, 1.82) is 0 Å². The van der Waals surface area contributed by atoms with Gasteiger partial charge in [-0.05, 0) is 31.2 Å². The van der Waals surface area contributed by atoms with Gasteiger partial charge in [0.15, 0.2) is 0 Å². The minimum Gasteiger partial charge on any atom is -0.299 e. The average molecular weight is 204 g/mol. The third-order valence-corrected chi connectivity index (χ3v) is 3.44. The highest BCUT2D eigenvalue weighted by Crippen LogP contribution is 2.40. The van der Waals surface area contributed by atoms with Gasteiger partial charge in [-0.3, -0.25) is 9.88 Å². The average Bonchev–Trinajstić information content (AvgIpc) is 2.77. The third-order valence-electron chi connectivity index (χ3n) is 3.44. The van der Waals surface area contributed by atoms with Gasteiger partial charge in [0.2, 0.25) is 0 Å². The Labute approximate surface area is 88.4 Å². The van der Waals surface area contributed by atoms with Crippen LogP contribution < -0.4 is 0 Å². The van der Waals surface area contributed by atoms with Gasteiger partial charge < -0.3 is 0 Å². The number of rotatable bonds is 1. The Bertz CT molecular complexity index is 410. The molecule has 0 saturated carbocycles. The molecule has 1 saturated heterocycles. The van der Waals surface area contributed by atoms with Crippen molar-refractivity contribution in [3.63, 3.8) is 0 Å². The summed E-state index contributed by atoms with van der Waals surface area (Å²) in [5, 5.41) is 0. The van der Waals surface area contributed by atoms with E-state index in [0.29, 0.717) is 12.0 Å². The lowest BCUT2D eigenvalue weighted by molar-refractivity contribution is 0.347. The fourth-order valence-electron chi connectivity index (χ4n) is 2.63. The van der Waals surface area contributed by atoms with Gasteiger partial charge in [-0.25, -0.2) is 4.39 Å². The molecule has 0 aromatic carbocycles. The Hall–Kier alpha value is -1.22. The molecule has 1 aliphatic carbocycles. The summed E-state index contributed by atoms with van der Waals surface area (Å²) in [5.74, 6) is 0.331. The Morgan fingerprint density at radius 1 is 1.47 bits per heavy atom. The molecule has 78 valence electrons. The van der Waals surface area contributed by atoms with Gasteiger partial charge in [0.1, 0.15) is 5.82 Å². The first-order valence-corrected chi connectivity index (χ1v) is 5.28. The molecule has 2 atom stereocenters. The van der Waals surface area contributed by atoms with Crippen molar-refractivity contribution in [2.45, 2.75) is 12.5 Å². The lowest BCUT2D eigenvalue weighted by atomic mass is 9.99. The number of pyridine rings is 1. The van der Waals surface area contributed by atoms with E-state index < -0.39 is 0 Å². The van der Waals surface area contributed by atoms with Crippen LogP contribution in [0.15, 0.2) is 24.4 Å². The molecule has 15 heavy (non-hydrogen) atoms. The van der Waals surface area contributed by atoms with E-state index in [1.165, 1.54) is 24.3 Å². The first-order valence-electron chi connectivity index (χ1n) is 5.28. The van der Waals surface area contributed by atoms with Gasteiger partial charge in [0, 0.05) is 18.5 Å². The van der Waals surface area contributed by atoms with Gasteiger partial charge in [-0.2, -0.15) is 0 Å². The molecule has 3 rings (SSSR count). The normalized spacial score (nSPS) is 29.6. The van der Waals surface area contributed by atoms with Crippen LogP contribution in [-0.4, -0.2) is 29.5 Å². The second-order valence-electron chi connectivity index (χ2n) is 4.42. The third kappa shape index (κ3) is 1.38. The SMILES string of the molecule is CN1CC2CC1C=C2c1ccc(F)cn1. The highest BCUT2D eigenvalue weighted by atomic mass is 19.1. The number of likely N-dealkylation sites (tertiary alicyclic amines) is 1. The summed E-state index contributed by atoms with van der Waals surface area (Å²) in [6, 6.07) is 3.83. The monoisotopic (exact) mass is 204 g/mol. The smallest absolute Gasteiger partial charge is 0.141 e. The molecule has 1 aromatic rings. The summed E-state index contributed by atoms with van der Waals surface area (Å²) in [6.45, 7) is 1.11. The van der Waals surface area contributed by atoms with Crippen LogP contribution >= 0.6 is 0 Å². The van der Waals surface area contributed by atoms with Gasteiger partial charge in [-0.15, -0.1) is 0 Å². The summed E-state index contributed by atoms with van der Waals surface area (Å²) in [5.41, 5.74) is 2.25. The van der Waals surface area contributed by atoms with Gasteiger partial charge >= 0.3 is 0 Å². The van der Waals surface area contributed by atoms with Crippen molar-refractivity contribution >= 4 is 5.57 Å². The zero-order valence-corrected chi connectivity index (χ0v) is 8.65. The van der Waals surface area contributed by atoms with Crippen LogP contribution in [0.3, 0.4) is 0 Å². The number of halogens is 1. The van der Waals surface area contributed by atoms with Crippen LogP contribution in [0, 0.1) is 11.7 Å². The van der Waals surface area contributed by atoms with Crippen molar-refractivity contribution in [3.05, 3.63) is 35.9 Å². The van der Waals surface area contributed by atoms with E-state index in [-0.39, 0.29) is 5.82 Å². The summed E-state index contributed by atoms with van der Waals surface area (Å²) in [6.07, 6.45) is 4.77. The summed E-state index contributed by atoms with van der Waals surface area (Å²) < 4.78 is 12.7. The first kappa shape index (κ1) is 9.04. The summed E-state index contributed by atoms with van der Waals surface area (Å²) in [7, 11) is 2.15. The molecule has 0 spiro atoms. The van der Waals surface area contributed by atoms with Gasteiger partial charge in [0.05, 0.1) is 11.9 Å². The van der Waals surface area contributed by atoms with E-state index in [9.17, 15) is 4.39 Å². The Morgan fingerprint density at radius 3 is 2.87 bits per heavy atom. The van der Waals surface area contributed by atoms with Crippen molar-refractivity contribution in [2.24, 2.45) is 5.92 Å². The molecular weight excluding hydrogens is 191 g/mol. The molecule has 1 aromatic heterocycles. The van der Waals surface area contributed by atoms with Crippen LogP contribution in [0.25, 0.3) is 5.57 Å². The maximum absolute atomic E-state index is 12.7. The molecule has 0 N–H and O–H groups in total. The topological polar surface area (TPSA) is 16.1 Å².